The van der Waals surface area contributed by atoms with Gasteiger partial charge in [-0.05, 0) is 78.2 Å². The van der Waals surface area contributed by atoms with Crippen molar-refractivity contribution in [3.8, 4) is 0 Å². The topological polar surface area (TPSA) is 107 Å². The fourth-order valence-electron chi connectivity index (χ4n) is 9.02. The van der Waals surface area contributed by atoms with E-state index in [-0.39, 0.29) is 33.9 Å². The predicted octanol–water partition coefficient (Wildman–Crippen LogP) is 4.23. The van der Waals surface area contributed by atoms with Crippen molar-refractivity contribution in [2.75, 3.05) is 20.1 Å². The largest absolute Gasteiger partial charge is 0.489 e. The average molecular weight is 725 g/mol. The van der Waals surface area contributed by atoms with Crippen molar-refractivity contribution in [2.45, 2.75) is 102 Å². The number of nitrogens with one attached hydrogen (secondary N) is 1. The van der Waals surface area contributed by atoms with E-state index in [1.165, 1.54) is 11.0 Å². The number of amides is 3. The standard InChI is InChI=1S/C33H41BrF3N5O5/c1-16(2)12-24-29(44)40-11-7-10-25(40)32(46)42(24)30(45)31(47-32,17(3)4)38-28(43)18-13-20-19-8-6-9-22-26(19)21(14-23(20)39(5)15-18)27(34)41(22)33(35,36)37/h6,8-9,16-18,20,23-25,46H,7,10-15H2,1-5H3,(H,38,43)/t18-,20-,23-,24+,25+,31-,32+/m1/s1. The molecule has 0 saturated carbocycles. The fourth-order valence-corrected chi connectivity index (χ4v) is 9.77. The summed E-state index contributed by atoms with van der Waals surface area (Å²) in [6, 6.07) is 3.12. The molecule has 3 amide bonds. The number of halogens is 4. The number of fused-ring (bicyclic) bond motifs is 5. The molecule has 0 spiro atoms. The molecule has 0 bridgehead atoms. The van der Waals surface area contributed by atoms with Gasteiger partial charge in [0, 0.05) is 36.4 Å². The third kappa shape index (κ3) is 4.64. The third-order valence-electron chi connectivity index (χ3n) is 11.2. The van der Waals surface area contributed by atoms with E-state index in [4.69, 9.17) is 4.74 Å². The highest BCUT2D eigenvalue weighted by molar-refractivity contribution is 9.10. The van der Waals surface area contributed by atoms with Crippen LogP contribution in [0.25, 0.3) is 10.9 Å². The van der Waals surface area contributed by atoms with Crippen LogP contribution >= 0.6 is 15.9 Å². The van der Waals surface area contributed by atoms with Gasteiger partial charge in [0.1, 0.15) is 12.1 Å². The zero-order valence-electron chi connectivity index (χ0n) is 27.1. The first-order valence-corrected chi connectivity index (χ1v) is 17.3. The van der Waals surface area contributed by atoms with E-state index >= 15 is 0 Å². The fraction of sp³-hybridized carbons (Fsp3) is 0.667. The lowest BCUT2D eigenvalue weighted by atomic mass is 9.72. The van der Waals surface area contributed by atoms with E-state index in [0.29, 0.717) is 60.7 Å². The molecule has 47 heavy (non-hydrogen) atoms. The molecule has 4 saturated heterocycles. The van der Waals surface area contributed by atoms with E-state index in [1.807, 2.05) is 31.9 Å². The van der Waals surface area contributed by atoms with Gasteiger partial charge in [0.2, 0.25) is 17.5 Å². The van der Waals surface area contributed by atoms with Gasteiger partial charge in [-0.25, -0.2) is 4.57 Å². The van der Waals surface area contributed by atoms with Crippen LogP contribution in [-0.4, -0.2) is 92.0 Å². The molecule has 7 atom stereocenters. The number of hydrogen-bond acceptors (Lipinski definition) is 6. The lowest BCUT2D eigenvalue weighted by molar-refractivity contribution is -0.322. The molecule has 1 aromatic heterocycles. The molecule has 5 aliphatic rings. The number of aliphatic hydroxyl groups is 1. The van der Waals surface area contributed by atoms with Crippen molar-refractivity contribution in [1.29, 1.82) is 0 Å². The van der Waals surface area contributed by atoms with Gasteiger partial charge in [-0.3, -0.25) is 24.0 Å². The number of benzene rings is 1. The molecule has 4 aliphatic heterocycles. The Morgan fingerprint density at radius 1 is 1.21 bits per heavy atom. The minimum absolute atomic E-state index is 0.000540. The van der Waals surface area contributed by atoms with Gasteiger partial charge in [-0.15, -0.1) is 13.2 Å². The third-order valence-corrected chi connectivity index (χ3v) is 12.0. The number of carbonyl (C=O) groups excluding carboxylic acids is 3. The van der Waals surface area contributed by atoms with Crippen LogP contribution in [0, 0.1) is 17.8 Å². The summed E-state index contributed by atoms with van der Waals surface area (Å²) in [4.78, 5) is 47.2. The van der Waals surface area contributed by atoms with Crippen LogP contribution in [0.4, 0.5) is 13.2 Å². The van der Waals surface area contributed by atoms with Gasteiger partial charge < -0.3 is 20.2 Å². The number of hydrogen-bond donors (Lipinski definition) is 2. The van der Waals surface area contributed by atoms with Crippen LogP contribution in [0.1, 0.15) is 70.4 Å². The van der Waals surface area contributed by atoms with Gasteiger partial charge in [-0.2, -0.15) is 0 Å². The van der Waals surface area contributed by atoms with Crippen molar-refractivity contribution in [3.05, 3.63) is 33.9 Å². The average Bonchev–Trinajstić information content (AvgIpc) is 3.65. The molecule has 1 aliphatic carbocycles. The summed E-state index contributed by atoms with van der Waals surface area (Å²) in [7, 11) is 1.87. The van der Waals surface area contributed by atoms with E-state index < -0.39 is 53.7 Å². The number of aromatic nitrogens is 1. The second-order valence-electron chi connectivity index (χ2n) is 14.7. The molecule has 14 heteroatoms. The SMILES string of the molecule is CC(C)C[C@H]1C(=O)N2CCC[C@H]2[C@]2(O)O[C@](NC(=O)[C@@H]3C[C@@H]4c5cccc6c5c(c(Br)n6C(F)(F)F)C[C@H]4N(C)C3)(C(C)C)C(=O)N12. The Morgan fingerprint density at radius 2 is 1.94 bits per heavy atom. The summed E-state index contributed by atoms with van der Waals surface area (Å²) in [5.41, 5.74) is -0.478. The summed E-state index contributed by atoms with van der Waals surface area (Å²) in [5.74, 6) is -4.80. The maximum atomic E-state index is 14.5. The van der Waals surface area contributed by atoms with Gasteiger partial charge >= 0.3 is 6.30 Å². The van der Waals surface area contributed by atoms with Crippen LogP contribution in [0.3, 0.4) is 0 Å². The van der Waals surface area contributed by atoms with Crippen molar-refractivity contribution < 1.29 is 37.4 Å². The highest BCUT2D eigenvalue weighted by Crippen LogP contribution is 2.51. The van der Waals surface area contributed by atoms with Gasteiger partial charge in [0.25, 0.3) is 11.8 Å². The quantitative estimate of drug-likeness (QED) is 0.479. The van der Waals surface area contributed by atoms with E-state index in [1.54, 1.807) is 24.8 Å². The minimum Gasteiger partial charge on any atom is -0.347 e. The number of likely N-dealkylation sites (tertiary alicyclic amines) is 1. The minimum atomic E-state index is -4.61. The molecule has 5 heterocycles. The monoisotopic (exact) mass is 723 g/mol. The Kier molecular flexibility index (Phi) is 7.63. The Bertz CT molecular complexity index is 1660. The smallest absolute Gasteiger partial charge is 0.347 e. The lowest BCUT2D eigenvalue weighted by Gasteiger charge is -2.49. The number of piperidine rings is 1. The zero-order valence-corrected chi connectivity index (χ0v) is 28.7. The molecular formula is C33H41BrF3N5O5. The highest BCUT2D eigenvalue weighted by atomic mass is 79.9. The van der Waals surface area contributed by atoms with Crippen molar-refractivity contribution in [3.63, 3.8) is 0 Å². The zero-order chi connectivity index (χ0) is 34.0. The number of ether oxygens (including phenoxy) is 1. The Hall–Kier alpha value is -2.68. The molecule has 0 unspecified atom stereocenters. The predicted molar refractivity (Wildman–Crippen MR) is 168 cm³/mol. The van der Waals surface area contributed by atoms with E-state index in [9.17, 15) is 32.7 Å². The van der Waals surface area contributed by atoms with Crippen LogP contribution in [0.5, 0.6) is 0 Å². The number of nitrogens with zero attached hydrogens (tertiary/aromatic N) is 4. The lowest BCUT2D eigenvalue weighted by Crippen LogP contribution is -2.71. The highest BCUT2D eigenvalue weighted by Gasteiger charge is 2.72. The van der Waals surface area contributed by atoms with E-state index in [0.717, 1.165) is 5.56 Å². The number of likely N-dealkylation sites (N-methyl/N-ethyl adjacent to an activating group) is 1. The van der Waals surface area contributed by atoms with Crippen molar-refractivity contribution in [1.82, 2.24) is 24.6 Å². The van der Waals surface area contributed by atoms with Crippen LogP contribution in [-0.2, 0) is 31.8 Å². The van der Waals surface area contributed by atoms with Crippen LogP contribution < -0.4 is 5.32 Å². The maximum absolute atomic E-state index is 14.5. The molecule has 2 aromatic rings. The summed E-state index contributed by atoms with van der Waals surface area (Å²) in [6.07, 6.45) is -2.42. The number of rotatable bonds is 5. The first-order valence-electron chi connectivity index (χ1n) is 16.5. The second-order valence-corrected chi connectivity index (χ2v) is 15.5. The Labute approximate surface area is 279 Å². The van der Waals surface area contributed by atoms with Gasteiger partial charge in [-0.1, -0.05) is 39.8 Å². The summed E-state index contributed by atoms with van der Waals surface area (Å²) in [6.45, 7) is 8.14. The molecule has 2 N–H and O–H groups in total. The van der Waals surface area contributed by atoms with Crippen molar-refractivity contribution >= 4 is 44.6 Å². The second kappa shape index (κ2) is 10.9. The number of carbonyl (C=O) groups is 3. The number of alkyl halides is 3. The maximum Gasteiger partial charge on any atom is 0.489 e. The Balaban J connectivity index is 1.22. The summed E-state index contributed by atoms with van der Waals surface area (Å²) in [5, 5.41) is 15.6. The molecular weight excluding hydrogens is 683 g/mol. The molecule has 10 nitrogen and oxygen atoms in total. The molecule has 0 radical (unpaired) electrons. The first-order chi connectivity index (χ1) is 22.0. The van der Waals surface area contributed by atoms with Gasteiger partial charge in [0.05, 0.1) is 16.0 Å². The molecule has 7 rings (SSSR count). The molecule has 4 fully saturated rings. The Morgan fingerprint density at radius 3 is 2.60 bits per heavy atom. The summed E-state index contributed by atoms with van der Waals surface area (Å²) < 4.78 is 49.2. The van der Waals surface area contributed by atoms with Gasteiger partial charge in [0.15, 0.2) is 0 Å². The van der Waals surface area contributed by atoms with Crippen LogP contribution in [0.2, 0.25) is 0 Å². The molecule has 1 aromatic carbocycles. The molecule has 256 valence electrons. The number of piperazine rings is 1. The van der Waals surface area contributed by atoms with E-state index in [2.05, 4.69) is 21.2 Å². The van der Waals surface area contributed by atoms with Crippen molar-refractivity contribution in [2.24, 2.45) is 17.8 Å². The normalized spacial score (nSPS) is 34.0. The summed E-state index contributed by atoms with van der Waals surface area (Å²) >= 11 is 3.24. The van der Waals surface area contributed by atoms with Crippen LogP contribution in [0.15, 0.2) is 22.8 Å². The first kappa shape index (κ1) is 32.8.